The van der Waals surface area contributed by atoms with E-state index in [1.54, 1.807) is 0 Å². The summed E-state index contributed by atoms with van der Waals surface area (Å²) in [6.07, 6.45) is 2.55. The lowest BCUT2D eigenvalue weighted by atomic mass is 9.97. The normalized spacial score (nSPS) is 16.4. The number of aryl methyl sites for hydroxylation is 2. The van der Waals surface area contributed by atoms with Crippen LogP contribution in [-0.4, -0.2) is 41.6 Å². The van der Waals surface area contributed by atoms with Crippen molar-refractivity contribution in [3.05, 3.63) is 35.4 Å². The average Bonchev–Trinajstić information content (AvgIpc) is 2.52. The molecule has 0 bridgehead atoms. The van der Waals surface area contributed by atoms with Crippen LogP contribution < -0.4 is 5.32 Å². The van der Waals surface area contributed by atoms with E-state index in [1.807, 2.05) is 6.92 Å². The van der Waals surface area contributed by atoms with Crippen LogP contribution in [-0.2, 0) is 16.0 Å². The fourth-order valence-electron chi connectivity index (χ4n) is 2.64. The Morgan fingerprint density at radius 3 is 2.45 bits per heavy atom. The van der Waals surface area contributed by atoms with Gasteiger partial charge in [0.05, 0.1) is 12.6 Å². The standard InChI is InChI=1S/C17H24N2O3/c1-13-2-4-14(5-3-13)6-7-16(20)18-12-19-10-8-15(9-11-19)17(21)22/h2-5,15H,6-12H2,1H3,(H,18,20)(H,21,22). The van der Waals surface area contributed by atoms with Gasteiger partial charge in [-0.3, -0.25) is 14.5 Å². The fourth-order valence-corrected chi connectivity index (χ4v) is 2.64. The number of carbonyl (C=O) groups excluding carboxylic acids is 1. The van der Waals surface area contributed by atoms with Crippen LogP contribution >= 0.6 is 0 Å². The Hall–Kier alpha value is -1.88. The summed E-state index contributed by atoms with van der Waals surface area (Å²) in [5.41, 5.74) is 2.39. The monoisotopic (exact) mass is 304 g/mol. The van der Waals surface area contributed by atoms with Gasteiger partial charge in [-0.2, -0.15) is 0 Å². The number of carboxylic acid groups (broad SMARTS) is 1. The third-order valence-corrected chi connectivity index (χ3v) is 4.20. The van der Waals surface area contributed by atoms with Gasteiger partial charge >= 0.3 is 5.97 Å². The number of piperidine rings is 1. The lowest BCUT2D eigenvalue weighted by molar-refractivity contribution is -0.143. The van der Waals surface area contributed by atoms with E-state index in [1.165, 1.54) is 11.1 Å². The summed E-state index contributed by atoms with van der Waals surface area (Å²) in [6.45, 7) is 4.02. The van der Waals surface area contributed by atoms with E-state index in [-0.39, 0.29) is 11.8 Å². The molecule has 2 N–H and O–H groups in total. The highest BCUT2D eigenvalue weighted by molar-refractivity contribution is 5.76. The molecule has 1 aliphatic heterocycles. The Balaban J connectivity index is 1.64. The molecule has 2 rings (SSSR count). The Morgan fingerprint density at radius 1 is 1.23 bits per heavy atom. The van der Waals surface area contributed by atoms with E-state index in [0.717, 1.165) is 19.5 Å². The molecular formula is C17H24N2O3. The van der Waals surface area contributed by atoms with E-state index < -0.39 is 5.97 Å². The van der Waals surface area contributed by atoms with Gasteiger partial charge < -0.3 is 10.4 Å². The molecule has 0 aromatic heterocycles. The van der Waals surface area contributed by atoms with Crippen LogP contribution in [0.15, 0.2) is 24.3 Å². The second kappa shape index (κ2) is 7.94. The summed E-state index contributed by atoms with van der Waals surface area (Å²) in [5, 5.41) is 11.9. The number of nitrogens with one attached hydrogen (secondary N) is 1. The molecular weight excluding hydrogens is 280 g/mol. The topological polar surface area (TPSA) is 69.6 Å². The highest BCUT2D eigenvalue weighted by atomic mass is 16.4. The van der Waals surface area contributed by atoms with E-state index in [2.05, 4.69) is 34.5 Å². The van der Waals surface area contributed by atoms with Gasteiger partial charge in [-0.15, -0.1) is 0 Å². The molecule has 5 nitrogen and oxygen atoms in total. The summed E-state index contributed by atoms with van der Waals surface area (Å²) < 4.78 is 0. The summed E-state index contributed by atoms with van der Waals surface area (Å²) in [5.74, 6) is -0.892. The number of carbonyl (C=O) groups is 2. The predicted molar refractivity (Wildman–Crippen MR) is 84.4 cm³/mol. The van der Waals surface area contributed by atoms with Crippen LogP contribution in [0.5, 0.6) is 0 Å². The molecule has 5 heteroatoms. The van der Waals surface area contributed by atoms with Gasteiger partial charge in [-0.1, -0.05) is 29.8 Å². The maximum atomic E-state index is 11.9. The van der Waals surface area contributed by atoms with Gasteiger partial charge in [0, 0.05) is 19.5 Å². The second-order valence-electron chi connectivity index (χ2n) is 5.97. The van der Waals surface area contributed by atoms with Gasteiger partial charge in [-0.05, 0) is 31.7 Å². The van der Waals surface area contributed by atoms with Crippen molar-refractivity contribution in [2.45, 2.75) is 32.6 Å². The molecule has 22 heavy (non-hydrogen) atoms. The van der Waals surface area contributed by atoms with E-state index in [9.17, 15) is 9.59 Å². The minimum absolute atomic E-state index is 0.0425. The first kappa shape index (κ1) is 16.5. The first-order valence-corrected chi connectivity index (χ1v) is 7.82. The Labute approximate surface area is 131 Å². The van der Waals surface area contributed by atoms with Crippen LogP contribution in [0.1, 0.15) is 30.4 Å². The number of benzene rings is 1. The number of likely N-dealkylation sites (tertiary alicyclic amines) is 1. The molecule has 1 fully saturated rings. The van der Waals surface area contributed by atoms with E-state index in [4.69, 9.17) is 5.11 Å². The molecule has 1 saturated heterocycles. The van der Waals surface area contributed by atoms with Crippen molar-refractivity contribution in [3.8, 4) is 0 Å². The maximum absolute atomic E-state index is 11.9. The summed E-state index contributed by atoms with van der Waals surface area (Å²) in [6, 6.07) is 8.22. The van der Waals surface area contributed by atoms with Crippen LogP contribution in [0.2, 0.25) is 0 Å². The van der Waals surface area contributed by atoms with Gasteiger partial charge in [0.2, 0.25) is 5.91 Å². The smallest absolute Gasteiger partial charge is 0.306 e. The van der Waals surface area contributed by atoms with Crippen molar-refractivity contribution in [1.29, 1.82) is 0 Å². The molecule has 0 radical (unpaired) electrons. The van der Waals surface area contributed by atoms with Crippen molar-refractivity contribution in [3.63, 3.8) is 0 Å². The fraction of sp³-hybridized carbons (Fsp3) is 0.529. The summed E-state index contributed by atoms with van der Waals surface area (Å²) >= 11 is 0. The summed E-state index contributed by atoms with van der Waals surface area (Å²) in [4.78, 5) is 24.8. The summed E-state index contributed by atoms with van der Waals surface area (Å²) in [7, 11) is 0. The van der Waals surface area contributed by atoms with Gasteiger partial charge in [0.15, 0.2) is 0 Å². The number of hydrogen-bond acceptors (Lipinski definition) is 3. The average molecular weight is 304 g/mol. The van der Waals surface area contributed by atoms with E-state index >= 15 is 0 Å². The van der Waals surface area contributed by atoms with Crippen LogP contribution in [0.4, 0.5) is 0 Å². The van der Waals surface area contributed by atoms with Crippen molar-refractivity contribution in [1.82, 2.24) is 10.2 Å². The number of nitrogens with zero attached hydrogens (tertiary/aromatic N) is 1. The Kier molecular flexibility index (Phi) is 5.95. The lowest BCUT2D eigenvalue weighted by Gasteiger charge is -2.29. The van der Waals surface area contributed by atoms with Crippen molar-refractivity contribution in [2.75, 3.05) is 19.8 Å². The molecule has 0 unspecified atom stereocenters. The van der Waals surface area contributed by atoms with Crippen LogP contribution in [0, 0.1) is 12.8 Å². The molecule has 1 aromatic rings. The van der Waals surface area contributed by atoms with Gasteiger partial charge in [0.25, 0.3) is 0 Å². The highest BCUT2D eigenvalue weighted by Crippen LogP contribution is 2.16. The SMILES string of the molecule is Cc1ccc(CCC(=O)NCN2CCC(C(=O)O)CC2)cc1. The number of carboxylic acids is 1. The molecule has 0 spiro atoms. The van der Waals surface area contributed by atoms with Crippen molar-refractivity contribution in [2.24, 2.45) is 5.92 Å². The number of rotatable bonds is 6. The molecule has 1 aromatic carbocycles. The lowest BCUT2D eigenvalue weighted by Crippen LogP contribution is -2.43. The minimum Gasteiger partial charge on any atom is -0.481 e. The second-order valence-corrected chi connectivity index (χ2v) is 5.97. The van der Waals surface area contributed by atoms with Crippen molar-refractivity contribution >= 4 is 11.9 Å². The predicted octanol–water partition coefficient (Wildman–Crippen LogP) is 1.80. The number of aliphatic carboxylic acids is 1. The number of hydrogen-bond donors (Lipinski definition) is 2. The highest BCUT2D eigenvalue weighted by Gasteiger charge is 2.24. The third kappa shape index (κ3) is 5.15. The molecule has 1 aliphatic rings. The number of amides is 1. The zero-order chi connectivity index (χ0) is 15.9. The van der Waals surface area contributed by atoms with Gasteiger partial charge in [-0.25, -0.2) is 0 Å². The molecule has 0 atom stereocenters. The zero-order valence-electron chi connectivity index (χ0n) is 13.0. The van der Waals surface area contributed by atoms with Crippen molar-refractivity contribution < 1.29 is 14.7 Å². The first-order valence-electron chi connectivity index (χ1n) is 7.82. The molecule has 1 amide bonds. The van der Waals surface area contributed by atoms with Crippen LogP contribution in [0.25, 0.3) is 0 Å². The Morgan fingerprint density at radius 2 is 1.86 bits per heavy atom. The van der Waals surface area contributed by atoms with Crippen LogP contribution in [0.3, 0.4) is 0 Å². The largest absolute Gasteiger partial charge is 0.481 e. The molecule has 0 aliphatic carbocycles. The van der Waals surface area contributed by atoms with E-state index in [0.29, 0.717) is 25.9 Å². The Bertz CT molecular complexity index is 505. The third-order valence-electron chi connectivity index (χ3n) is 4.20. The quantitative estimate of drug-likeness (QED) is 0.841. The maximum Gasteiger partial charge on any atom is 0.306 e. The zero-order valence-corrected chi connectivity index (χ0v) is 13.0. The molecule has 1 heterocycles. The van der Waals surface area contributed by atoms with Gasteiger partial charge in [0.1, 0.15) is 0 Å². The first-order chi connectivity index (χ1) is 10.5. The molecule has 0 saturated carbocycles. The molecule has 120 valence electrons. The minimum atomic E-state index is -0.707.